The molecule has 4 heterocycles. The highest BCUT2D eigenvalue weighted by Gasteiger charge is 2.30. The number of ether oxygens (including phenoxy) is 2. The second-order valence-corrected chi connectivity index (χ2v) is 15.2. The van der Waals surface area contributed by atoms with Gasteiger partial charge in [-0.3, -0.25) is 14.5 Å². The summed E-state index contributed by atoms with van der Waals surface area (Å²) in [5.41, 5.74) is 10.8. The SMILES string of the molecule is C.Cc1c(C)c(NC(=O)NC(C)C)c(C)c(Oc2ccnc3c2CC(=O)N3)c1C.Cc1c(C)c(NC(=O)NC(C)C)c(C)c(Oc2ccnc3c2CC(=O)N3C)c1C. The van der Waals surface area contributed by atoms with Crippen molar-refractivity contribution in [2.45, 2.75) is 115 Å². The number of carbonyl (C=O) groups excluding carboxylic acids is 4. The summed E-state index contributed by atoms with van der Waals surface area (Å²) in [7, 11) is 1.72. The van der Waals surface area contributed by atoms with Crippen LogP contribution < -0.4 is 41.0 Å². The van der Waals surface area contributed by atoms with Gasteiger partial charge in [-0.25, -0.2) is 19.6 Å². The summed E-state index contributed by atoms with van der Waals surface area (Å²) in [5.74, 6) is 3.62. The Balaban J connectivity index is 0.000000252. The number of amides is 6. The van der Waals surface area contributed by atoms with Gasteiger partial charge in [0, 0.05) is 53.8 Å². The first-order valence-electron chi connectivity index (χ1n) is 19.0. The van der Waals surface area contributed by atoms with Gasteiger partial charge in [0.05, 0.1) is 24.2 Å². The van der Waals surface area contributed by atoms with Gasteiger partial charge >= 0.3 is 12.1 Å². The number of nitrogens with zero attached hydrogens (tertiary/aromatic N) is 3. The molecular formula is C44H58N8O6. The van der Waals surface area contributed by atoms with Gasteiger partial charge in [-0.15, -0.1) is 0 Å². The Labute approximate surface area is 341 Å². The molecule has 310 valence electrons. The van der Waals surface area contributed by atoms with Gasteiger partial charge in [0.2, 0.25) is 11.8 Å². The number of urea groups is 2. The molecule has 6 amide bonds. The maximum absolute atomic E-state index is 12.3. The van der Waals surface area contributed by atoms with Crippen molar-refractivity contribution in [2.75, 3.05) is 27.9 Å². The van der Waals surface area contributed by atoms with Crippen LogP contribution in [0.1, 0.15) is 90.8 Å². The molecule has 0 fully saturated rings. The van der Waals surface area contributed by atoms with Crippen molar-refractivity contribution >= 4 is 46.9 Å². The van der Waals surface area contributed by atoms with Crippen molar-refractivity contribution < 1.29 is 28.7 Å². The van der Waals surface area contributed by atoms with Crippen LogP contribution in [0.5, 0.6) is 23.0 Å². The molecule has 0 bridgehead atoms. The lowest BCUT2D eigenvalue weighted by Gasteiger charge is -2.22. The number of aromatic nitrogens is 2. The molecule has 14 heteroatoms. The zero-order chi connectivity index (χ0) is 42.0. The number of anilines is 4. The molecule has 0 spiro atoms. The summed E-state index contributed by atoms with van der Waals surface area (Å²) >= 11 is 0. The van der Waals surface area contributed by atoms with Crippen LogP contribution in [0.3, 0.4) is 0 Å². The summed E-state index contributed by atoms with van der Waals surface area (Å²) in [4.78, 5) is 58.5. The van der Waals surface area contributed by atoms with E-state index in [0.29, 0.717) is 34.6 Å². The molecule has 5 N–H and O–H groups in total. The number of rotatable bonds is 8. The maximum Gasteiger partial charge on any atom is 0.319 e. The minimum absolute atomic E-state index is 0. The van der Waals surface area contributed by atoms with Gasteiger partial charge in [-0.05, 0) is 129 Å². The van der Waals surface area contributed by atoms with E-state index >= 15 is 0 Å². The van der Waals surface area contributed by atoms with Crippen LogP contribution in [0, 0.1) is 55.4 Å². The van der Waals surface area contributed by atoms with Crippen molar-refractivity contribution in [3.05, 3.63) is 80.2 Å². The molecule has 2 aromatic carbocycles. The normalized spacial score (nSPS) is 12.6. The number of nitrogens with one attached hydrogen (secondary N) is 5. The molecule has 2 aliphatic heterocycles. The lowest BCUT2D eigenvalue weighted by atomic mass is 9.96. The van der Waals surface area contributed by atoms with E-state index in [4.69, 9.17) is 9.47 Å². The standard InChI is InChI=1S/C22H28N4O3.C21H26N4O3.CH4/c1-11(2)24-22(28)25-19-13(4)12(3)14(5)20(15(19)6)29-17-8-9-23-21-16(17)10-18(27)26(21)7;1-10(2)23-21(27)25-18-12(4)11(3)13(5)19(14(18)6)28-16-7-8-22-20-15(16)9-17(26)24-20;/h8-9,11H,10H2,1-7H3,(H2,24,25,28);7-8,10H,9H2,1-6H3,(H,22,24,26)(H2,23,25,27);1H4. The fraction of sp³-hybridized carbons (Fsp3) is 0.409. The first-order valence-corrected chi connectivity index (χ1v) is 19.0. The number of carbonyl (C=O) groups is 4. The van der Waals surface area contributed by atoms with E-state index in [2.05, 4.69) is 36.6 Å². The summed E-state index contributed by atoms with van der Waals surface area (Å²) in [6.07, 6.45) is 3.76. The first kappa shape index (κ1) is 44.5. The van der Waals surface area contributed by atoms with Gasteiger partial charge in [0.1, 0.15) is 34.6 Å². The average molecular weight is 795 g/mol. The number of hydrogen-bond acceptors (Lipinski definition) is 8. The zero-order valence-electron chi connectivity index (χ0n) is 35.2. The van der Waals surface area contributed by atoms with Crippen LogP contribution >= 0.6 is 0 Å². The topological polar surface area (TPSA) is 176 Å². The van der Waals surface area contributed by atoms with E-state index in [1.807, 2.05) is 83.1 Å². The van der Waals surface area contributed by atoms with E-state index in [9.17, 15) is 19.2 Å². The molecule has 2 aliphatic rings. The summed E-state index contributed by atoms with van der Waals surface area (Å²) in [6.45, 7) is 23.5. The third kappa shape index (κ3) is 9.17. The summed E-state index contributed by atoms with van der Waals surface area (Å²) in [5, 5.41) is 14.3. The third-order valence-corrected chi connectivity index (χ3v) is 10.5. The quantitative estimate of drug-likeness (QED) is 0.117. The molecule has 0 unspecified atom stereocenters. The smallest absolute Gasteiger partial charge is 0.319 e. The number of benzene rings is 2. The fourth-order valence-corrected chi connectivity index (χ4v) is 6.94. The second kappa shape index (κ2) is 18.0. The monoisotopic (exact) mass is 794 g/mol. The Kier molecular flexibility index (Phi) is 13.8. The van der Waals surface area contributed by atoms with E-state index < -0.39 is 0 Å². The van der Waals surface area contributed by atoms with Crippen molar-refractivity contribution in [1.82, 2.24) is 20.6 Å². The largest absolute Gasteiger partial charge is 0.456 e. The van der Waals surface area contributed by atoms with Gasteiger partial charge in [0.15, 0.2) is 0 Å². The molecule has 0 atom stereocenters. The van der Waals surface area contributed by atoms with Crippen LogP contribution in [0.2, 0.25) is 0 Å². The highest BCUT2D eigenvalue weighted by Crippen LogP contribution is 2.43. The predicted octanol–water partition coefficient (Wildman–Crippen LogP) is 8.92. The van der Waals surface area contributed by atoms with Gasteiger partial charge in [-0.2, -0.15) is 0 Å². The summed E-state index contributed by atoms with van der Waals surface area (Å²) < 4.78 is 12.6. The minimum atomic E-state index is -0.255. The van der Waals surface area contributed by atoms with Crippen molar-refractivity contribution in [3.8, 4) is 23.0 Å². The molecule has 6 rings (SSSR count). The molecule has 0 aliphatic carbocycles. The van der Waals surface area contributed by atoms with Gasteiger partial charge in [-0.1, -0.05) is 7.43 Å². The lowest BCUT2D eigenvalue weighted by Crippen LogP contribution is -2.34. The lowest BCUT2D eigenvalue weighted by molar-refractivity contribution is -0.117. The average Bonchev–Trinajstić information content (AvgIpc) is 3.68. The third-order valence-electron chi connectivity index (χ3n) is 10.5. The van der Waals surface area contributed by atoms with Crippen LogP contribution in [0.25, 0.3) is 0 Å². The van der Waals surface area contributed by atoms with E-state index in [1.165, 1.54) is 0 Å². The van der Waals surface area contributed by atoms with Crippen molar-refractivity contribution in [3.63, 3.8) is 0 Å². The summed E-state index contributed by atoms with van der Waals surface area (Å²) in [6, 6.07) is 3.09. The second-order valence-electron chi connectivity index (χ2n) is 15.2. The van der Waals surface area contributed by atoms with Gasteiger partial charge in [0.25, 0.3) is 0 Å². The van der Waals surface area contributed by atoms with E-state index in [1.54, 1.807) is 36.5 Å². The molecule has 14 nitrogen and oxygen atoms in total. The van der Waals surface area contributed by atoms with E-state index in [-0.39, 0.29) is 56.2 Å². The Morgan fingerprint density at radius 2 is 1.10 bits per heavy atom. The molecule has 4 aromatic rings. The highest BCUT2D eigenvalue weighted by atomic mass is 16.5. The zero-order valence-corrected chi connectivity index (χ0v) is 35.2. The predicted molar refractivity (Wildman–Crippen MR) is 230 cm³/mol. The molecule has 2 aromatic heterocycles. The first-order chi connectivity index (χ1) is 26.8. The molecule has 0 saturated heterocycles. The molecule has 0 radical (unpaired) electrons. The Morgan fingerprint density at radius 1 is 0.655 bits per heavy atom. The number of hydrogen-bond donors (Lipinski definition) is 5. The maximum atomic E-state index is 12.3. The minimum Gasteiger partial charge on any atom is -0.456 e. The molecule has 58 heavy (non-hydrogen) atoms. The molecule has 0 saturated carbocycles. The van der Waals surface area contributed by atoms with Crippen molar-refractivity contribution in [2.24, 2.45) is 0 Å². The number of likely N-dealkylation sites (N-methyl/N-ethyl adjacent to an activating group) is 1. The van der Waals surface area contributed by atoms with Crippen LogP contribution in [-0.2, 0) is 22.4 Å². The van der Waals surface area contributed by atoms with Crippen molar-refractivity contribution in [1.29, 1.82) is 0 Å². The number of fused-ring (bicyclic) bond motifs is 2. The van der Waals surface area contributed by atoms with E-state index in [0.717, 1.165) is 67.0 Å². The number of pyridine rings is 2. The fourth-order valence-electron chi connectivity index (χ4n) is 6.94. The Morgan fingerprint density at radius 3 is 1.57 bits per heavy atom. The van der Waals surface area contributed by atoms with Crippen LogP contribution in [0.15, 0.2) is 24.5 Å². The highest BCUT2D eigenvalue weighted by molar-refractivity contribution is 6.01. The Bertz CT molecular complexity index is 2280. The Hall–Kier alpha value is -6.18. The van der Waals surface area contributed by atoms with Crippen LogP contribution in [-0.4, -0.2) is 53.0 Å². The molecular weight excluding hydrogens is 737 g/mol. The van der Waals surface area contributed by atoms with Crippen LogP contribution in [0.4, 0.5) is 32.6 Å². The van der Waals surface area contributed by atoms with Gasteiger partial charge < -0.3 is 36.1 Å².